The van der Waals surface area contributed by atoms with Crippen LogP contribution in [0.2, 0.25) is 0 Å². The van der Waals surface area contributed by atoms with Crippen LogP contribution in [0.3, 0.4) is 0 Å². The molecule has 0 aliphatic carbocycles. The lowest BCUT2D eigenvalue weighted by Crippen LogP contribution is -2.30. The van der Waals surface area contributed by atoms with E-state index >= 15 is 0 Å². The second-order valence-corrected chi connectivity index (χ2v) is 3.69. The first-order valence-corrected chi connectivity index (χ1v) is 4.62. The minimum absolute atomic E-state index is 0.800. The summed E-state index contributed by atoms with van der Waals surface area (Å²) in [6.07, 6.45) is 3.63. The zero-order chi connectivity index (χ0) is 8.97. The number of hydrogen-bond donors (Lipinski definition) is 0. The number of piperidine rings is 1. The van der Waals surface area contributed by atoms with Gasteiger partial charge in [0.2, 0.25) is 0 Å². The molecule has 0 radical (unpaired) electrons. The van der Waals surface area contributed by atoms with Crippen molar-refractivity contribution in [2.45, 2.75) is 19.3 Å². The summed E-state index contributed by atoms with van der Waals surface area (Å²) in [5, 5.41) is 0. The van der Waals surface area contributed by atoms with Gasteiger partial charge in [-0.05, 0) is 38.9 Å². The zero-order valence-corrected chi connectivity index (χ0v) is 8.18. The van der Waals surface area contributed by atoms with Crippen LogP contribution in [0.5, 0.6) is 0 Å². The molecule has 0 unspecified atom stereocenters. The predicted octanol–water partition coefficient (Wildman–Crippen LogP) is 1.88. The lowest BCUT2D eigenvalue weighted by Gasteiger charge is -2.28. The maximum atomic E-state index is 5.07. The fourth-order valence-electron chi connectivity index (χ4n) is 1.67. The van der Waals surface area contributed by atoms with E-state index in [0.717, 1.165) is 18.1 Å². The largest absolute Gasteiger partial charge is 0.502 e. The minimum atomic E-state index is 0.800. The van der Waals surface area contributed by atoms with Crippen molar-refractivity contribution in [2.24, 2.45) is 5.92 Å². The highest BCUT2D eigenvalue weighted by Crippen LogP contribution is 2.22. The topological polar surface area (TPSA) is 12.5 Å². The molecule has 0 amide bonds. The van der Waals surface area contributed by atoms with Crippen LogP contribution in [-0.2, 0) is 4.74 Å². The Morgan fingerprint density at radius 1 is 1.50 bits per heavy atom. The summed E-state index contributed by atoms with van der Waals surface area (Å²) < 4.78 is 5.07. The summed E-state index contributed by atoms with van der Waals surface area (Å²) >= 11 is 0. The van der Waals surface area contributed by atoms with Crippen molar-refractivity contribution in [3.8, 4) is 0 Å². The smallest absolute Gasteiger partial charge is 0.0886 e. The molecular formula is C10H19NO. The Kier molecular flexibility index (Phi) is 3.60. The fourth-order valence-corrected chi connectivity index (χ4v) is 1.67. The van der Waals surface area contributed by atoms with Crippen molar-refractivity contribution in [1.82, 2.24) is 4.90 Å². The van der Waals surface area contributed by atoms with Crippen LogP contribution in [-0.4, -0.2) is 32.1 Å². The van der Waals surface area contributed by atoms with E-state index in [0.29, 0.717) is 0 Å². The van der Waals surface area contributed by atoms with Gasteiger partial charge in [-0.1, -0.05) is 6.58 Å². The number of allylic oxidation sites excluding steroid dienone is 1. The van der Waals surface area contributed by atoms with E-state index in [1.54, 1.807) is 7.11 Å². The molecule has 0 aromatic carbocycles. The second-order valence-electron chi connectivity index (χ2n) is 3.69. The van der Waals surface area contributed by atoms with Gasteiger partial charge in [0.25, 0.3) is 0 Å². The Morgan fingerprint density at radius 2 is 2.08 bits per heavy atom. The van der Waals surface area contributed by atoms with Crippen molar-refractivity contribution < 1.29 is 4.74 Å². The Balaban J connectivity index is 2.21. The van der Waals surface area contributed by atoms with Crippen molar-refractivity contribution in [3.05, 3.63) is 12.3 Å². The predicted molar refractivity (Wildman–Crippen MR) is 51.0 cm³/mol. The first-order valence-electron chi connectivity index (χ1n) is 4.62. The number of hydrogen-bond acceptors (Lipinski definition) is 2. The second kappa shape index (κ2) is 4.51. The van der Waals surface area contributed by atoms with E-state index in [4.69, 9.17) is 4.74 Å². The van der Waals surface area contributed by atoms with E-state index in [9.17, 15) is 0 Å². The highest BCUT2D eigenvalue weighted by atomic mass is 16.5. The fraction of sp³-hybridized carbons (Fsp3) is 0.800. The molecule has 12 heavy (non-hydrogen) atoms. The van der Waals surface area contributed by atoms with Gasteiger partial charge in [0, 0.05) is 6.42 Å². The van der Waals surface area contributed by atoms with Crippen LogP contribution in [0.25, 0.3) is 0 Å². The first-order chi connectivity index (χ1) is 5.72. The van der Waals surface area contributed by atoms with E-state index in [-0.39, 0.29) is 0 Å². The third kappa shape index (κ3) is 2.86. The van der Waals surface area contributed by atoms with Crippen LogP contribution >= 0.6 is 0 Å². The third-order valence-corrected chi connectivity index (χ3v) is 2.64. The van der Waals surface area contributed by atoms with Crippen molar-refractivity contribution in [2.75, 3.05) is 27.2 Å². The molecule has 2 heteroatoms. The highest BCUT2D eigenvalue weighted by Gasteiger charge is 2.17. The summed E-state index contributed by atoms with van der Waals surface area (Å²) in [6.45, 7) is 6.30. The molecule has 1 rings (SSSR count). The number of rotatable bonds is 3. The maximum Gasteiger partial charge on any atom is 0.0886 e. The summed E-state index contributed by atoms with van der Waals surface area (Å²) in [5.74, 6) is 1.73. The highest BCUT2D eigenvalue weighted by molar-refractivity contribution is 4.86. The van der Waals surface area contributed by atoms with Crippen LogP contribution in [0.1, 0.15) is 19.3 Å². The standard InChI is InChI=1S/C10H19NO/c1-9(12-3)8-10-4-6-11(2)7-5-10/h10H,1,4-8H2,2-3H3. The van der Waals surface area contributed by atoms with Crippen LogP contribution < -0.4 is 0 Å². The van der Waals surface area contributed by atoms with E-state index < -0.39 is 0 Å². The molecule has 1 aliphatic rings. The molecule has 0 spiro atoms. The summed E-state index contributed by atoms with van der Waals surface area (Å²) in [6, 6.07) is 0. The molecule has 0 aromatic heterocycles. The quantitative estimate of drug-likeness (QED) is 0.598. The summed E-state index contributed by atoms with van der Waals surface area (Å²) in [4.78, 5) is 2.38. The van der Waals surface area contributed by atoms with Gasteiger partial charge in [-0.25, -0.2) is 0 Å². The molecule has 0 N–H and O–H groups in total. The summed E-state index contributed by atoms with van der Waals surface area (Å²) in [5.41, 5.74) is 0. The number of methoxy groups -OCH3 is 1. The van der Waals surface area contributed by atoms with Crippen molar-refractivity contribution in [1.29, 1.82) is 0 Å². The zero-order valence-electron chi connectivity index (χ0n) is 8.18. The van der Waals surface area contributed by atoms with Gasteiger partial charge in [0.15, 0.2) is 0 Å². The lowest BCUT2D eigenvalue weighted by atomic mass is 9.93. The normalized spacial score (nSPS) is 20.8. The molecule has 0 atom stereocenters. The molecular weight excluding hydrogens is 150 g/mol. The lowest BCUT2D eigenvalue weighted by molar-refractivity contribution is 0.192. The Hall–Kier alpha value is -0.500. The minimum Gasteiger partial charge on any atom is -0.502 e. The third-order valence-electron chi connectivity index (χ3n) is 2.64. The average molecular weight is 169 g/mol. The molecule has 2 nitrogen and oxygen atoms in total. The number of ether oxygens (including phenoxy) is 1. The number of likely N-dealkylation sites (tertiary alicyclic amines) is 1. The molecule has 1 saturated heterocycles. The van der Waals surface area contributed by atoms with Crippen molar-refractivity contribution in [3.63, 3.8) is 0 Å². The molecule has 0 bridgehead atoms. The summed E-state index contributed by atoms with van der Waals surface area (Å²) in [7, 11) is 3.89. The van der Waals surface area contributed by atoms with Crippen molar-refractivity contribution >= 4 is 0 Å². The molecule has 0 aromatic rings. The molecule has 1 fully saturated rings. The van der Waals surface area contributed by atoms with Crippen LogP contribution in [0.4, 0.5) is 0 Å². The Bertz CT molecular complexity index is 148. The SMILES string of the molecule is C=C(CC1CCN(C)CC1)OC. The van der Waals surface area contributed by atoms with Gasteiger partial charge in [0.05, 0.1) is 12.9 Å². The first kappa shape index (κ1) is 9.59. The van der Waals surface area contributed by atoms with E-state index in [1.165, 1.54) is 25.9 Å². The Morgan fingerprint density at radius 3 is 2.58 bits per heavy atom. The van der Waals surface area contributed by atoms with Gasteiger partial charge in [0.1, 0.15) is 0 Å². The van der Waals surface area contributed by atoms with E-state index in [1.807, 2.05) is 0 Å². The van der Waals surface area contributed by atoms with Crippen LogP contribution in [0, 0.1) is 5.92 Å². The molecule has 0 saturated carbocycles. The Labute approximate surface area is 75.2 Å². The van der Waals surface area contributed by atoms with Gasteiger partial charge in [-0.3, -0.25) is 0 Å². The number of nitrogens with zero attached hydrogens (tertiary/aromatic N) is 1. The maximum absolute atomic E-state index is 5.07. The molecule has 1 heterocycles. The molecule has 70 valence electrons. The molecule has 1 aliphatic heterocycles. The van der Waals surface area contributed by atoms with Gasteiger partial charge in [-0.2, -0.15) is 0 Å². The van der Waals surface area contributed by atoms with E-state index in [2.05, 4.69) is 18.5 Å². The van der Waals surface area contributed by atoms with Gasteiger partial charge < -0.3 is 9.64 Å². The van der Waals surface area contributed by atoms with Crippen LogP contribution in [0.15, 0.2) is 12.3 Å². The van der Waals surface area contributed by atoms with Gasteiger partial charge in [-0.15, -0.1) is 0 Å². The monoisotopic (exact) mass is 169 g/mol. The van der Waals surface area contributed by atoms with Gasteiger partial charge >= 0.3 is 0 Å². The average Bonchev–Trinajstić information content (AvgIpc) is 2.09.